The predicted molar refractivity (Wildman–Crippen MR) is 68.1 cm³/mol. The summed E-state index contributed by atoms with van der Waals surface area (Å²) in [5, 5.41) is 9.64. The maximum atomic E-state index is 13.4. The van der Waals surface area contributed by atoms with Gasteiger partial charge in [0, 0.05) is 0 Å². The van der Waals surface area contributed by atoms with Crippen LogP contribution in [-0.4, -0.2) is 5.11 Å². The molecule has 2 nitrogen and oxygen atoms in total. The Bertz CT molecular complexity index is 553. The van der Waals surface area contributed by atoms with Gasteiger partial charge >= 0.3 is 0 Å². The van der Waals surface area contributed by atoms with Gasteiger partial charge in [0.1, 0.15) is 5.75 Å². The van der Waals surface area contributed by atoms with E-state index in [1.807, 2.05) is 6.92 Å². The van der Waals surface area contributed by atoms with Gasteiger partial charge in [-0.3, -0.25) is 0 Å². The molecule has 0 amide bonds. The third-order valence-electron chi connectivity index (χ3n) is 2.80. The Balaban J connectivity index is 2.18. The lowest BCUT2D eigenvalue weighted by atomic mass is 10.1. The minimum absolute atomic E-state index is 0.163. The Morgan fingerprint density at radius 3 is 2.42 bits per heavy atom. The zero-order valence-electron chi connectivity index (χ0n) is 10.4. The fraction of sp³-hybridized carbons (Fsp3) is 0.200. The SMILES string of the molecule is CCC(O)c1ccc(Oc2cccc(F)c2F)cc1. The van der Waals surface area contributed by atoms with E-state index in [4.69, 9.17) is 4.74 Å². The third-order valence-corrected chi connectivity index (χ3v) is 2.80. The van der Waals surface area contributed by atoms with Crippen LogP contribution < -0.4 is 4.74 Å². The van der Waals surface area contributed by atoms with Gasteiger partial charge in [-0.2, -0.15) is 4.39 Å². The average Bonchev–Trinajstić information content (AvgIpc) is 2.44. The topological polar surface area (TPSA) is 29.5 Å². The highest BCUT2D eigenvalue weighted by Crippen LogP contribution is 2.27. The van der Waals surface area contributed by atoms with Gasteiger partial charge in [-0.25, -0.2) is 4.39 Å². The van der Waals surface area contributed by atoms with E-state index >= 15 is 0 Å². The lowest BCUT2D eigenvalue weighted by Crippen LogP contribution is -1.95. The monoisotopic (exact) mass is 264 g/mol. The molecular weight excluding hydrogens is 250 g/mol. The Morgan fingerprint density at radius 2 is 1.79 bits per heavy atom. The molecule has 0 aliphatic carbocycles. The van der Waals surface area contributed by atoms with Crippen molar-refractivity contribution in [1.82, 2.24) is 0 Å². The van der Waals surface area contributed by atoms with Crippen molar-refractivity contribution in [3.63, 3.8) is 0 Å². The van der Waals surface area contributed by atoms with Crippen LogP contribution in [0.1, 0.15) is 25.0 Å². The van der Waals surface area contributed by atoms with Crippen molar-refractivity contribution in [1.29, 1.82) is 0 Å². The molecule has 0 saturated heterocycles. The molecule has 2 aromatic rings. The van der Waals surface area contributed by atoms with Crippen molar-refractivity contribution < 1.29 is 18.6 Å². The molecule has 0 heterocycles. The van der Waals surface area contributed by atoms with Crippen molar-refractivity contribution in [2.24, 2.45) is 0 Å². The highest BCUT2D eigenvalue weighted by atomic mass is 19.2. The number of aliphatic hydroxyl groups is 1. The number of benzene rings is 2. The van der Waals surface area contributed by atoms with Crippen LogP contribution in [0.15, 0.2) is 42.5 Å². The summed E-state index contributed by atoms with van der Waals surface area (Å²) < 4.78 is 31.7. The normalized spacial score (nSPS) is 12.2. The van der Waals surface area contributed by atoms with Crippen molar-refractivity contribution in [2.45, 2.75) is 19.4 Å². The molecule has 0 fully saturated rings. The fourth-order valence-corrected chi connectivity index (χ4v) is 1.68. The number of halogens is 2. The molecule has 0 saturated carbocycles. The second-order valence-corrected chi connectivity index (χ2v) is 4.15. The van der Waals surface area contributed by atoms with E-state index < -0.39 is 17.7 Å². The van der Waals surface area contributed by atoms with E-state index in [0.717, 1.165) is 11.6 Å². The molecule has 0 spiro atoms. The van der Waals surface area contributed by atoms with Gasteiger partial charge in [-0.05, 0) is 36.2 Å². The summed E-state index contributed by atoms with van der Waals surface area (Å²) in [5.41, 5.74) is 0.759. The highest BCUT2D eigenvalue weighted by molar-refractivity contribution is 5.34. The Hall–Kier alpha value is -1.94. The van der Waals surface area contributed by atoms with E-state index in [-0.39, 0.29) is 5.75 Å². The molecule has 0 aromatic heterocycles. The van der Waals surface area contributed by atoms with Gasteiger partial charge in [0.15, 0.2) is 11.6 Å². The van der Waals surface area contributed by atoms with Gasteiger partial charge in [0.25, 0.3) is 0 Å². The molecule has 100 valence electrons. The van der Waals surface area contributed by atoms with Crippen molar-refractivity contribution in [3.8, 4) is 11.5 Å². The highest BCUT2D eigenvalue weighted by Gasteiger charge is 2.10. The first kappa shape index (κ1) is 13.5. The molecular formula is C15H14F2O2. The van der Waals surface area contributed by atoms with Crippen LogP contribution in [0.2, 0.25) is 0 Å². The standard InChI is InChI=1S/C15H14F2O2/c1-2-13(18)10-6-8-11(9-7-10)19-14-5-3-4-12(16)15(14)17/h3-9,13,18H,2H2,1H3. The maximum Gasteiger partial charge on any atom is 0.201 e. The van der Waals surface area contributed by atoms with Gasteiger partial charge in [-0.15, -0.1) is 0 Å². The van der Waals surface area contributed by atoms with Crippen LogP contribution in [0, 0.1) is 11.6 Å². The summed E-state index contributed by atoms with van der Waals surface area (Å²) in [6.07, 6.45) is 0.0820. The second-order valence-electron chi connectivity index (χ2n) is 4.15. The van der Waals surface area contributed by atoms with E-state index in [0.29, 0.717) is 12.2 Å². The fourth-order valence-electron chi connectivity index (χ4n) is 1.68. The smallest absolute Gasteiger partial charge is 0.201 e. The summed E-state index contributed by atoms with van der Waals surface area (Å²) in [4.78, 5) is 0. The Kier molecular flexibility index (Phi) is 4.12. The molecule has 0 aliphatic heterocycles. The summed E-state index contributed by atoms with van der Waals surface area (Å²) in [6.45, 7) is 1.87. The van der Waals surface area contributed by atoms with E-state index in [9.17, 15) is 13.9 Å². The van der Waals surface area contributed by atoms with Gasteiger partial charge in [0.05, 0.1) is 6.10 Å². The van der Waals surface area contributed by atoms with Crippen LogP contribution in [0.3, 0.4) is 0 Å². The number of aliphatic hydroxyl groups excluding tert-OH is 1. The van der Waals surface area contributed by atoms with Crippen molar-refractivity contribution in [3.05, 3.63) is 59.7 Å². The summed E-state index contributed by atoms with van der Waals surface area (Å²) >= 11 is 0. The third kappa shape index (κ3) is 3.09. The lowest BCUT2D eigenvalue weighted by Gasteiger charge is -2.10. The first-order chi connectivity index (χ1) is 9.11. The molecule has 0 bridgehead atoms. The quantitative estimate of drug-likeness (QED) is 0.896. The number of hydrogen-bond acceptors (Lipinski definition) is 2. The van der Waals surface area contributed by atoms with Crippen molar-refractivity contribution in [2.75, 3.05) is 0 Å². The number of ether oxygens (including phenoxy) is 1. The first-order valence-corrected chi connectivity index (χ1v) is 6.01. The predicted octanol–water partition coefficient (Wildman–Crippen LogP) is 4.20. The molecule has 19 heavy (non-hydrogen) atoms. The summed E-state index contributed by atoms with van der Waals surface area (Å²) in [7, 11) is 0. The summed E-state index contributed by atoms with van der Waals surface area (Å²) in [5.74, 6) is -1.74. The van der Waals surface area contributed by atoms with Crippen molar-refractivity contribution >= 4 is 0 Å². The van der Waals surface area contributed by atoms with Gasteiger partial charge in [0.2, 0.25) is 5.82 Å². The number of rotatable bonds is 4. The van der Waals surface area contributed by atoms with Crippen LogP contribution in [0.5, 0.6) is 11.5 Å². The minimum Gasteiger partial charge on any atom is -0.454 e. The van der Waals surface area contributed by atoms with E-state index in [1.165, 1.54) is 12.1 Å². The Labute approximate surface area is 110 Å². The molecule has 2 aromatic carbocycles. The van der Waals surface area contributed by atoms with Gasteiger partial charge < -0.3 is 9.84 Å². The average molecular weight is 264 g/mol. The van der Waals surface area contributed by atoms with Crippen LogP contribution >= 0.6 is 0 Å². The van der Waals surface area contributed by atoms with Crippen LogP contribution in [-0.2, 0) is 0 Å². The lowest BCUT2D eigenvalue weighted by molar-refractivity contribution is 0.173. The maximum absolute atomic E-state index is 13.4. The largest absolute Gasteiger partial charge is 0.454 e. The van der Waals surface area contributed by atoms with Gasteiger partial charge in [-0.1, -0.05) is 25.1 Å². The summed E-state index contributed by atoms with van der Waals surface area (Å²) in [6, 6.07) is 10.4. The molecule has 2 rings (SSSR count). The number of hydrogen-bond donors (Lipinski definition) is 1. The Morgan fingerprint density at radius 1 is 1.11 bits per heavy atom. The molecule has 0 radical (unpaired) electrons. The molecule has 1 atom stereocenters. The molecule has 1 unspecified atom stereocenters. The van der Waals surface area contributed by atoms with E-state index in [1.54, 1.807) is 24.3 Å². The van der Waals surface area contributed by atoms with Crippen LogP contribution in [0.4, 0.5) is 8.78 Å². The zero-order valence-corrected chi connectivity index (χ0v) is 10.4. The molecule has 1 N–H and O–H groups in total. The second kappa shape index (κ2) is 5.80. The van der Waals surface area contributed by atoms with Crippen LogP contribution in [0.25, 0.3) is 0 Å². The minimum atomic E-state index is -1.01. The molecule has 0 aliphatic rings. The zero-order chi connectivity index (χ0) is 13.8. The molecule has 4 heteroatoms. The van der Waals surface area contributed by atoms with E-state index in [2.05, 4.69) is 0 Å². The first-order valence-electron chi connectivity index (χ1n) is 6.01.